The maximum absolute atomic E-state index is 12.3. The number of H-pyrrole nitrogens is 1. The van der Waals surface area contributed by atoms with Gasteiger partial charge in [0, 0.05) is 41.5 Å². The Morgan fingerprint density at radius 1 is 1.21 bits per heavy atom. The van der Waals surface area contributed by atoms with Gasteiger partial charge in [0.25, 0.3) is 5.91 Å². The SMILES string of the molecule is COC(=O)C(Cc1c[nH]c2ccccc12)NC(=O)c1ccncc1. The number of aromatic amines is 1. The number of nitrogens with zero attached hydrogens (tertiary/aromatic N) is 1. The van der Waals surface area contributed by atoms with E-state index in [9.17, 15) is 9.59 Å². The molecular weight excluding hydrogens is 306 g/mol. The number of rotatable bonds is 5. The second kappa shape index (κ2) is 6.95. The van der Waals surface area contributed by atoms with E-state index in [1.807, 2.05) is 30.5 Å². The molecule has 0 aliphatic heterocycles. The number of hydrogen-bond acceptors (Lipinski definition) is 4. The Balaban J connectivity index is 1.82. The molecule has 2 N–H and O–H groups in total. The maximum atomic E-state index is 12.3. The van der Waals surface area contributed by atoms with E-state index in [4.69, 9.17) is 4.74 Å². The highest BCUT2D eigenvalue weighted by atomic mass is 16.5. The fraction of sp³-hybridized carbons (Fsp3) is 0.167. The van der Waals surface area contributed by atoms with Crippen molar-refractivity contribution in [3.8, 4) is 0 Å². The molecule has 0 saturated heterocycles. The second-order valence-corrected chi connectivity index (χ2v) is 5.35. The number of pyridine rings is 1. The normalized spacial score (nSPS) is 11.9. The van der Waals surface area contributed by atoms with Gasteiger partial charge in [0.05, 0.1) is 7.11 Å². The van der Waals surface area contributed by atoms with Crippen molar-refractivity contribution in [1.82, 2.24) is 15.3 Å². The van der Waals surface area contributed by atoms with E-state index in [-0.39, 0.29) is 5.91 Å². The Bertz CT molecular complexity index is 858. The summed E-state index contributed by atoms with van der Waals surface area (Å²) in [6, 6.07) is 10.2. The molecule has 0 spiro atoms. The van der Waals surface area contributed by atoms with Crippen molar-refractivity contribution in [2.24, 2.45) is 0 Å². The molecule has 1 aromatic carbocycles. The molecule has 1 unspecified atom stereocenters. The van der Waals surface area contributed by atoms with Crippen LogP contribution in [0.25, 0.3) is 10.9 Å². The van der Waals surface area contributed by atoms with Gasteiger partial charge in [-0.25, -0.2) is 4.79 Å². The molecular formula is C18H17N3O3. The minimum atomic E-state index is -0.769. The maximum Gasteiger partial charge on any atom is 0.328 e. The summed E-state index contributed by atoms with van der Waals surface area (Å²) in [7, 11) is 1.31. The molecule has 6 nitrogen and oxygen atoms in total. The third-order valence-electron chi connectivity index (χ3n) is 3.83. The minimum Gasteiger partial charge on any atom is -0.467 e. The highest BCUT2D eigenvalue weighted by Crippen LogP contribution is 2.19. The standard InChI is InChI=1S/C18H17N3O3/c1-24-18(23)16(21-17(22)12-6-8-19-9-7-12)10-13-11-20-15-5-3-2-4-14(13)15/h2-9,11,16,20H,10H2,1H3,(H,21,22). The lowest BCUT2D eigenvalue weighted by Crippen LogP contribution is -2.43. The number of carbonyl (C=O) groups is 2. The molecule has 3 rings (SSSR count). The molecule has 3 aromatic rings. The Morgan fingerprint density at radius 2 is 1.96 bits per heavy atom. The fourth-order valence-electron chi connectivity index (χ4n) is 2.60. The van der Waals surface area contributed by atoms with Gasteiger partial charge in [-0.1, -0.05) is 18.2 Å². The number of carbonyl (C=O) groups excluding carboxylic acids is 2. The Labute approximate surface area is 138 Å². The van der Waals surface area contributed by atoms with Crippen molar-refractivity contribution in [3.63, 3.8) is 0 Å². The summed E-state index contributed by atoms with van der Waals surface area (Å²) in [5, 5.41) is 3.75. The number of aromatic nitrogens is 2. The number of hydrogen-bond donors (Lipinski definition) is 2. The monoisotopic (exact) mass is 323 g/mol. The zero-order chi connectivity index (χ0) is 16.9. The molecule has 2 aromatic heterocycles. The molecule has 0 saturated carbocycles. The van der Waals surface area contributed by atoms with Crippen LogP contribution in [0.4, 0.5) is 0 Å². The van der Waals surface area contributed by atoms with Crippen LogP contribution in [0, 0.1) is 0 Å². The first-order valence-corrected chi connectivity index (χ1v) is 7.52. The molecule has 1 atom stereocenters. The molecule has 0 aliphatic rings. The minimum absolute atomic E-state index is 0.340. The van der Waals surface area contributed by atoms with Gasteiger partial charge in [-0.3, -0.25) is 9.78 Å². The van der Waals surface area contributed by atoms with E-state index in [0.29, 0.717) is 12.0 Å². The zero-order valence-corrected chi connectivity index (χ0v) is 13.2. The summed E-state index contributed by atoms with van der Waals surface area (Å²) < 4.78 is 4.83. The summed E-state index contributed by atoms with van der Waals surface area (Å²) in [6.07, 6.45) is 5.25. The van der Waals surface area contributed by atoms with Gasteiger partial charge in [-0.2, -0.15) is 0 Å². The van der Waals surface area contributed by atoms with Crippen LogP contribution in [-0.4, -0.2) is 35.0 Å². The highest BCUT2D eigenvalue weighted by Gasteiger charge is 2.23. The van der Waals surface area contributed by atoms with Crippen LogP contribution in [0.1, 0.15) is 15.9 Å². The number of fused-ring (bicyclic) bond motifs is 1. The highest BCUT2D eigenvalue weighted by molar-refractivity contribution is 5.97. The van der Waals surface area contributed by atoms with E-state index in [1.54, 1.807) is 12.1 Å². The van der Waals surface area contributed by atoms with Crippen LogP contribution in [0.15, 0.2) is 55.0 Å². The topological polar surface area (TPSA) is 84.1 Å². The molecule has 0 bridgehead atoms. The van der Waals surface area contributed by atoms with E-state index >= 15 is 0 Å². The molecule has 0 aliphatic carbocycles. The molecule has 24 heavy (non-hydrogen) atoms. The van der Waals surface area contributed by atoms with E-state index in [0.717, 1.165) is 16.5 Å². The van der Waals surface area contributed by atoms with Crippen molar-refractivity contribution >= 4 is 22.8 Å². The third-order valence-corrected chi connectivity index (χ3v) is 3.83. The van der Waals surface area contributed by atoms with Crippen LogP contribution in [0.5, 0.6) is 0 Å². The van der Waals surface area contributed by atoms with Gasteiger partial charge < -0.3 is 15.0 Å². The lowest BCUT2D eigenvalue weighted by molar-refractivity contribution is -0.142. The fourth-order valence-corrected chi connectivity index (χ4v) is 2.60. The van der Waals surface area contributed by atoms with Crippen molar-refractivity contribution < 1.29 is 14.3 Å². The second-order valence-electron chi connectivity index (χ2n) is 5.35. The smallest absolute Gasteiger partial charge is 0.328 e. The largest absolute Gasteiger partial charge is 0.467 e. The van der Waals surface area contributed by atoms with Gasteiger partial charge >= 0.3 is 5.97 Å². The summed E-state index contributed by atoms with van der Waals surface area (Å²) in [5.41, 5.74) is 2.37. The number of methoxy groups -OCH3 is 1. The van der Waals surface area contributed by atoms with Crippen LogP contribution in [-0.2, 0) is 16.0 Å². The Kier molecular flexibility index (Phi) is 4.56. The third kappa shape index (κ3) is 3.27. The summed E-state index contributed by atoms with van der Waals surface area (Å²) in [5.74, 6) is -0.824. The van der Waals surface area contributed by atoms with Crippen LogP contribution in [0.2, 0.25) is 0 Å². The molecule has 1 amide bonds. The number of ether oxygens (including phenoxy) is 1. The van der Waals surface area contributed by atoms with E-state index in [2.05, 4.69) is 15.3 Å². The van der Waals surface area contributed by atoms with Crippen molar-refractivity contribution in [2.75, 3.05) is 7.11 Å². The molecule has 122 valence electrons. The molecule has 0 radical (unpaired) electrons. The first-order valence-electron chi connectivity index (χ1n) is 7.52. The zero-order valence-electron chi connectivity index (χ0n) is 13.2. The van der Waals surface area contributed by atoms with Crippen LogP contribution in [0.3, 0.4) is 0 Å². The molecule has 2 heterocycles. The van der Waals surface area contributed by atoms with Gasteiger partial charge in [0.2, 0.25) is 0 Å². The first-order chi connectivity index (χ1) is 11.7. The lowest BCUT2D eigenvalue weighted by atomic mass is 10.0. The van der Waals surface area contributed by atoms with Crippen molar-refractivity contribution in [2.45, 2.75) is 12.5 Å². The number of para-hydroxylation sites is 1. The number of esters is 1. The van der Waals surface area contributed by atoms with E-state index in [1.165, 1.54) is 19.5 Å². The van der Waals surface area contributed by atoms with Gasteiger partial charge in [0.15, 0.2) is 0 Å². The van der Waals surface area contributed by atoms with Crippen LogP contribution < -0.4 is 5.32 Å². The predicted molar refractivity (Wildman–Crippen MR) is 89.5 cm³/mol. The predicted octanol–water partition coefficient (Wildman–Crippen LogP) is 2.08. The van der Waals surface area contributed by atoms with Gasteiger partial charge in [-0.15, -0.1) is 0 Å². The Morgan fingerprint density at radius 3 is 2.71 bits per heavy atom. The van der Waals surface area contributed by atoms with Crippen molar-refractivity contribution in [1.29, 1.82) is 0 Å². The average molecular weight is 323 g/mol. The van der Waals surface area contributed by atoms with Gasteiger partial charge in [-0.05, 0) is 23.8 Å². The number of amides is 1. The summed E-state index contributed by atoms with van der Waals surface area (Å²) in [4.78, 5) is 31.4. The lowest BCUT2D eigenvalue weighted by Gasteiger charge is -2.16. The van der Waals surface area contributed by atoms with Crippen molar-refractivity contribution in [3.05, 3.63) is 66.1 Å². The molecule has 6 heteroatoms. The first kappa shape index (κ1) is 15.7. The number of benzene rings is 1. The number of nitrogens with one attached hydrogen (secondary N) is 2. The summed E-state index contributed by atoms with van der Waals surface area (Å²) in [6.45, 7) is 0. The average Bonchev–Trinajstić information content (AvgIpc) is 3.04. The van der Waals surface area contributed by atoms with Gasteiger partial charge in [0.1, 0.15) is 6.04 Å². The quantitative estimate of drug-likeness (QED) is 0.704. The molecule has 0 fully saturated rings. The summed E-state index contributed by atoms with van der Waals surface area (Å²) >= 11 is 0. The van der Waals surface area contributed by atoms with Crippen LogP contribution >= 0.6 is 0 Å². The van der Waals surface area contributed by atoms with E-state index < -0.39 is 12.0 Å². The Hall–Kier alpha value is -3.15.